The fraction of sp³-hybridized carbons (Fsp3) is 0.650. The van der Waals surface area contributed by atoms with Crippen LogP contribution >= 0.6 is 0 Å². The van der Waals surface area contributed by atoms with E-state index in [0.29, 0.717) is 12.5 Å². The lowest BCUT2D eigenvalue weighted by Gasteiger charge is -2.33. The molecule has 2 aliphatic rings. The van der Waals surface area contributed by atoms with Gasteiger partial charge in [-0.25, -0.2) is 0 Å². The highest BCUT2D eigenvalue weighted by Crippen LogP contribution is 2.29. The quantitative estimate of drug-likeness (QED) is 0.813. The van der Waals surface area contributed by atoms with Crippen molar-refractivity contribution >= 4 is 17.3 Å². The first-order valence-electron chi connectivity index (χ1n) is 9.54. The Morgan fingerprint density at radius 1 is 1.21 bits per heavy atom. The van der Waals surface area contributed by atoms with E-state index in [2.05, 4.69) is 35.3 Å². The average molecular weight is 329 g/mol. The molecule has 1 saturated carbocycles. The summed E-state index contributed by atoms with van der Waals surface area (Å²) in [5, 5.41) is 3.15. The Hall–Kier alpha value is -1.71. The largest absolute Gasteiger partial charge is 0.397 e. The number of carbonyl (C=O) groups excluding carboxylic acids is 1. The third kappa shape index (κ3) is 4.43. The smallest absolute Gasteiger partial charge is 0.220 e. The molecule has 0 unspecified atom stereocenters. The van der Waals surface area contributed by atoms with Gasteiger partial charge in [-0.2, -0.15) is 0 Å². The first-order valence-corrected chi connectivity index (χ1v) is 9.54. The molecule has 0 bridgehead atoms. The number of anilines is 2. The molecule has 1 amide bonds. The Kier molecular flexibility index (Phi) is 5.64. The predicted octanol–water partition coefficient (Wildman–Crippen LogP) is 3.50. The maximum atomic E-state index is 12.1. The Morgan fingerprint density at radius 2 is 1.92 bits per heavy atom. The van der Waals surface area contributed by atoms with Crippen LogP contribution in [0.25, 0.3) is 0 Å². The fourth-order valence-corrected chi connectivity index (χ4v) is 3.92. The monoisotopic (exact) mass is 329 g/mol. The maximum absolute atomic E-state index is 12.1. The van der Waals surface area contributed by atoms with Gasteiger partial charge in [-0.15, -0.1) is 0 Å². The molecule has 3 N–H and O–H groups in total. The van der Waals surface area contributed by atoms with Crippen LogP contribution in [-0.2, 0) is 11.2 Å². The summed E-state index contributed by atoms with van der Waals surface area (Å²) in [4.78, 5) is 14.4. The van der Waals surface area contributed by atoms with Gasteiger partial charge in [0.05, 0.1) is 11.4 Å². The number of amides is 1. The van der Waals surface area contributed by atoms with Crippen molar-refractivity contribution in [2.24, 2.45) is 5.92 Å². The number of hydrogen-bond donors (Lipinski definition) is 2. The number of carbonyl (C=O) groups is 1. The van der Waals surface area contributed by atoms with Crippen molar-refractivity contribution in [2.75, 3.05) is 23.7 Å². The molecule has 24 heavy (non-hydrogen) atoms. The van der Waals surface area contributed by atoms with Gasteiger partial charge in [0, 0.05) is 25.6 Å². The fourth-order valence-electron chi connectivity index (χ4n) is 3.92. The van der Waals surface area contributed by atoms with Gasteiger partial charge in [0.2, 0.25) is 5.91 Å². The molecule has 132 valence electrons. The van der Waals surface area contributed by atoms with E-state index in [0.717, 1.165) is 55.2 Å². The van der Waals surface area contributed by atoms with Gasteiger partial charge < -0.3 is 16.0 Å². The Balaban J connectivity index is 1.51. The van der Waals surface area contributed by atoms with Gasteiger partial charge >= 0.3 is 0 Å². The molecule has 0 aromatic heterocycles. The van der Waals surface area contributed by atoms with Gasteiger partial charge in [0.25, 0.3) is 0 Å². The van der Waals surface area contributed by atoms with E-state index in [1.54, 1.807) is 0 Å². The highest BCUT2D eigenvalue weighted by atomic mass is 16.1. The van der Waals surface area contributed by atoms with Crippen LogP contribution in [0.1, 0.15) is 57.4 Å². The molecule has 4 nitrogen and oxygen atoms in total. The molecular formula is C20H31N3O. The zero-order valence-corrected chi connectivity index (χ0v) is 14.9. The number of piperidine rings is 1. The summed E-state index contributed by atoms with van der Waals surface area (Å²) in [5.41, 5.74) is 9.44. The highest BCUT2D eigenvalue weighted by molar-refractivity contribution is 5.77. The summed E-state index contributed by atoms with van der Waals surface area (Å²) in [7, 11) is 0. The SMILES string of the molecule is CC1CCN(c2ccc(CCC(=O)NC3CCCC3)cc2N)CC1. The van der Waals surface area contributed by atoms with Crippen molar-refractivity contribution in [2.45, 2.75) is 64.3 Å². The summed E-state index contributed by atoms with van der Waals surface area (Å²) in [5.74, 6) is 0.995. The summed E-state index contributed by atoms with van der Waals surface area (Å²) in [6.07, 6.45) is 8.57. The van der Waals surface area contributed by atoms with Gasteiger partial charge in [-0.3, -0.25) is 4.79 Å². The summed E-state index contributed by atoms with van der Waals surface area (Å²) in [6, 6.07) is 6.73. The molecule has 0 atom stereocenters. The Bertz CT molecular complexity index is 558. The zero-order valence-electron chi connectivity index (χ0n) is 14.9. The number of nitrogens with one attached hydrogen (secondary N) is 1. The van der Waals surface area contributed by atoms with Crippen LogP contribution in [0.5, 0.6) is 0 Å². The molecule has 3 rings (SSSR count). The number of nitrogen functional groups attached to an aromatic ring is 1. The van der Waals surface area contributed by atoms with E-state index in [9.17, 15) is 4.79 Å². The Morgan fingerprint density at radius 3 is 2.58 bits per heavy atom. The number of nitrogens with two attached hydrogens (primary N) is 1. The second-order valence-electron chi connectivity index (χ2n) is 7.61. The molecule has 1 aliphatic carbocycles. The lowest BCUT2D eigenvalue weighted by Crippen LogP contribution is -2.33. The van der Waals surface area contributed by atoms with Gasteiger partial charge in [0.1, 0.15) is 0 Å². The van der Waals surface area contributed by atoms with Crippen molar-refractivity contribution < 1.29 is 4.79 Å². The van der Waals surface area contributed by atoms with E-state index in [1.807, 2.05) is 0 Å². The number of hydrogen-bond acceptors (Lipinski definition) is 3. The number of aryl methyl sites for hydroxylation is 1. The molecule has 1 aromatic carbocycles. The normalized spacial score (nSPS) is 19.6. The minimum absolute atomic E-state index is 0.176. The van der Waals surface area contributed by atoms with Crippen molar-refractivity contribution in [1.29, 1.82) is 0 Å². The van der Waals surface area contributed by atoms with E-state index >= 15 is 0 Å². The van der Waals surface area contributed by atoms with Crippen LogP contribution < -0.4 is 16.0 Å². The lowest BCUT2D eigenvalue weighted by atomic mass is 9.98. The standard InChI is InChI=1S/C20H31N3O/c1-15-10-12-23(13-11-15)19-8-6-16(14-18(19)21)7-9-20(24)22-17-4-2-3-5-17/h6,8,14-15,17H,2-5,7,9-13,21H2,1H3,(H,22,24). The van der Waals surface area contributed by atoms with E-state index < -0.39 is 0 Å². The topological polar surface area (TPSA) is 58.4 Å². The van der Waals surface area contributed by atoms with Crippen LogP contribution in [-0.4, -0.2) is 25.0 Å². The van der Waals surface area contributed by atoms with Crippen LogP contribution in [0.2, 0.25) is 0 Å². The number of rotatable bonds is 5. The first-order chi connectivity index (χ1) is 11.6. The third-order valence-electron chi connectivity index (χ3n) is 5.58. The van der Waals surface area contributed by atoms with Crippen molar-refractivity contribution in [3.8, 4) is 0 Å². The molecule has 2 fully saturated rings. The highest BCUT2D eigenvalue weighted by Gasteiger charge is 2.19. The zero-order chi connectivity index (χ0) is 16.9. The number of nitrogens with zero attached hydrogens (tertiary/aromatic N) is 1. The third-order valence-corrected chi connectivity index (χ3v) is 5.58. The predicted molar refractivity (Wildman–Crippen MR) is 100 cm³/mol. The first kappa shape index (κ1) is 17.1. The molecular weight excluding hydrogens is 298 g/mol. The molecule has 1 aromatic rings. The van der Waals surface area contributed by atoms with Crippen LogP contribution in [0.4, 0.5) is 11.4 Å². The van der Waals surface area contributed by atoms with E-state index in [1.165, 1.54) is 25.7 Å². The minimum atomic E-state index is 0.176. The summed E-state index contributed by atoms with van der Waals surface area (Å²) < 4.78 is 0. The minimum Gasteiger partial charge on any atom is -0.397 e. The van der Waals surface area contributed by atoms with Crippen LogP contribution in [0, 0.1) is 5.92 Å². The maximum Gasteiger partial charge on any atom is 0.220 e. The number of benzene rings is 1. The van der Waals surface area contributed by atoms with Gasteiger partial charge in [0.15, 0.2) is 0 Å². The van der Waals surface area contributed by atoms with Gasteiger partial charge in [-0.05, 0) is 55.7 Å². The second kappa shape index (κ2) is 7.91. The summed E-state index contributed by atoms with van der Waals surface area (Å²) in [6.45, 7) is 4.50. The van der Waals surface area contributed by atoms with Crippen molar-refractivity contribution in [3.05, 3.63) is 23.8 Å². The van der Waals surface area contributed by atoms with Crippen LogP contribution in [0.15, 0.2) is 18.2 Å². The van der Waals surface area contributed by atoms with Crippen molar-refractivity contribution in [1.82, 2.24) is 5.32 Å². The summed E-state index contributed by atoms with van der Waals surface area (Å²) >= 11 is 0. The van der Waals surface area contributed by atoms with Crippen molar-refractivity contribution in [3.63, 3.8) is 0 Å². The molecule has 1 saturated heterocycles. The Labute approximate surface area is 145 Å². The van der Waals surface area contributed by atoms with Crippen LogP contribution in [0.3, 0.4) is 0 Å². The molecule has 4 heteroatoms. The molecule has 0 radical (unpaired) electrons. The van der Waals surface area contributed by atoms with E-state index in [-0.39, 0.29) is 5.91 Å². The second-order valence-corrected chi connectivity index (χ2v) is 7.61. The molecule has 1 aliphatic heterocycles. The van der Waals surface area contributed by atoms with Gasteiger partial charge in [-0.1, -0.05) is 25.8 Å². The molecule has 0 spiro atoms. The average Bonchev–Trinajstić information content (AvgIpc) is 3.07. The lowest BCUT2D eigenvalue weighted by molar-refractivity contribution is -0.121. The van der Waals surface area contributed by atoms with E-state index in [4.69, 9.17) is 5.73 Å². The molecule has 1 heterocycles.